The van der Waals surface area contributed by atoms with E-state index in [1.54, 1.807) is 13.8 Å². The normalized spacial score (nSPS) is 11.0. The molecule has 0 aliphatic heterocycles. The predicted molar refractivity (Wildman–Crippen MR) is 53.8 cm³/mol. The van der Waals surface area contributed by atoms with Crippen LogP contribution in [-0.2, 0) is 11.2 Å². The van der Waals surface area contributed by atoms with Crippen molar-refractivity contribution in [2.24, 2.45) is 0 Å². The van der Waals surface area contributed by atoms with Crippen LogP contribution in [-0.4, -0.2) is 11.7 Å². The predicted octanol–water partition coefficient (Wildman–Crippen LogP) is 2.43. The minimum absolute atomic E-state index is 0.611. The van der Waals surface area contributed by atoms with Crippen molar-refractivity contribution in [3.8, 4) is 0 Å². The zero-order valence-electron chi connectivity index (χ0n) is 8.41. The minimum Gasteiger partial charge on any atom is -0.442 e. The molecule has 0 saturated heterocycles. The smallest absolute Gasteiger partial charge is 0.426 e. The number of hydrogen-bond donors (Lipinski definition) is 0. The van der Waals surface area contributed by atoms with E-state index in [4.69, 9.17) is 10.5 Å². The molecular weight excluding hydrogens is 178 g/mol. The number of hydrogen-bond acceptors (Lipinski definition) is 2. The lowest BCUT2D eigenvalue weighted by Gasteiger charge is -2.23. The summed E-state index contributed by atoms with van der Waals surface area (Å²) in [7, 11) is 0. The molecule has 0 heterocycles. The molecular formula is C11H14NO2. The summed E-state index contributed by atoms with van der Waals surface area (Å²) in [5.74, 6) is 0. The Balaban J connectivity index is 2.63. The fourth-order valence-electron chi connectivity index (χ4n) is 1.37. The molecule has 0 saturated carbocycles. The number of benzene rings is 1. The molecule has 0 aliphatic carbocycles. The molecule has 1 N–H and O–H groups in total. The summed E-state index contributed by atoms with van der Waals surface area (Å²) in [6.07, 6.45) is -0.357. The molecule has 0 aromatic heterocycles. The van der Waals surface area contributed by atoms with Crippen LogP contribution >= 0.6 is 0 Å². The quantitative estimate of drug-likeness (QED) is 0.738. The fraction of sp³-hybridized carbons (Fsp3) is 0.364. The van der Waals surface area contributed by atoms with Gasteiger partial charge in [-0.05, 0) is 19.4 Å². The summed E-state index contributed by atoms with van der Waals surface area (Å²) in [6, 6.07) is 9.76. The van der Waals surface area contributed by atoms with Gasteiger partial charge in [-0.15, -0.1) is 0 Å². The maximum absolute atomic E-state index is 10.5. The molecule has 0 bridgehead atoms. The largest absolute Gasteiger partial charge is 0.442 e. The van der Waals surface area contributed by atoms with E-state index in [9.17, 15) is 4.79 Å². The first kappa shape index (κ1) is 10.6. The Morgan fingerprint density at radius 3 is 2.43 bits per heavy atom. The van der Waals surface area contributed by atoms with Crippen molar-refractivity contribution in [3.05, 3.63) is 35.9 Å². The number of carbonyl (C=O) groups excluding carboxylic acids is 1. The average molecular weight is 192 g/mol. The Morgan fingerprint density at radius 2 is 1.93 bits per heavy atom. The summed E-state index contributed by atoms with van der Waals surface area (Å²) in [6.45, 7) is 3.60. The fourth-order valence-corrected chi connectivity index (χ4v) is 1.37. The molecule has 0 spiro atoms. The zero-order valence-corrected chi connectivity index (χ0v) is 8.41. The lowest BCUT2D eigenvalue weighted by atomic mass is 9.98. The van der Waals surface area contributed by atoms with Gasteiger partial charge in [-0.1, -0.05) is 30.3 Å². The number of carbonyl (C=O) groups is 1. The Bertz CT molecular complexity index is 306. The molecule has 0 atom stereocenters. The lowest BCUT2D eigenvalue weighted by Crippen LogP contribution is -2.30. The van der Waals surface area contributed by atoms with Crippen molar-refractivity contribution in [1.29, 1.82) is 0 Å². The van der Waals surface area contributed by atoms with Crippen molar-refractivity contribution in [3.63, 3.8) is 0 Å². The van der Waals surface area contributed by atoms with Crippen molar-refractivity contribution in [1.82, 2.24) is 5.73 Å². The van der Waals surface area contributed by atoms with Gasteiger partial charge in [0, 0.05) is 6.42 Å². The van der Waals surface area contributed by atoms with Crippen LogP contribution < -0.4 is 5.73 Å². The maximum Gasteiger partial charge on any atom is 0.426 e. The Hall–Kier alpha value is -1.51. The second-order valence-electron chi connectivity index (χ2n) is 3.81. The highest BCUT2D eigenvalue weighted by Gasteiger charge is 2.22. The van der Waals surface area contributed by atoms with E-state index in [0.29, 0.717) is 6.42 Å². The Labute approximate surface area is 83.9 Å². The summed E-state index contributed by atoms with van der Waals surface area (Å²) in [4.78, 5) is 10.5. The van der Waals surface area contributed by atoms with Gasteiger partial charge >= 0.3 is 6.09 Å². The van der Waals surface area contributed by atoms with E-state index >= 15 is 0 Å². The molecule has 0 fully saturated rings. The van der Waals surface area contributed by atoms with Gasteiger partial charge < -0.3 is 4.74 Å². The summed E-state index contributed by atoms with van der Waals surface area (Å²) < 4.78 is 4.87. The monoisotopic (exact) mass is 192 g/mol. The molecule has 1 rings (SSSR count). The molecule has 3 nitrogen and oxygen atoms in total. The van der Waals surface area contributed by atoms with Crippen LogP contribution in [0.15, 0.2) is 30.3 Å². The third kappa shape index (κ3) is 3.47. The van der Waals surface area contributed by atoms with Crippen molar-refractivity contribution >= 4 is 6.09 Å². The van der Waals surface area contributed by atoms with Crippen LogP contribution in [0.1, 0.15) is 19.4 Å². The Morgan fingerprint density at radius 1 is 1.36 bits per heavy atom. The van der Waals surface area contributed by atoms with Crippen LogP contribution in [0.25, 0.3) is 0 Å². The summed E-state index contributed by atoms with van der Waals surface area (Å²) in [5.41, 5.74) is 7.22. The van der Waals surface area contributed by atoms with Gasteiger partial charge in [0.1, 0.15) is 5.60 Å². The third-order valence-corrected chi connectivity index (χ3v) is 1.84. The van der Waals surface area contributed by atoms with E-state index in [1.165, 1.54) is 0 Å². The van der Waals surface area contributed by atoms with Gasteiger partial charge in [-0.25, -0.2) is 10.5 Å². The molecule has 1 aromatic rings. The third-order valence-electron chi connectivity index (χ3n) is 1.84. The Kier molecular flexibility index (Phi) is 3.12. The topological polar surface area (TPSA) is 50.1 Å². The van der Waals surface area contributed by atoms with Gasteiger partial charge in [-0.2, -0.15) is 0 Å². The molecule has 1 aromatic carbocycles. The van der Waals surface area contributed by atoms with Gasteiger partial charge in [0.15, 0.2) is 0 Å². The molecule has 0 aliphatic rings. The number of ether oxygens (including phenoxy) is 1. The maximum atomic E-state index is 10.5. The van der Waals surface area contributed by atoms with Gasteiger partial charge in [0.25, 0.3) is 0 Å². The first-order valence-electron chi connectivity index (χ1n) is 4.48. The standard InChI is InChI=1S/C11H14NO2/c1-11(2,14-10(12)13)8-9-6-4-3-5-7-9/h3-7,12H,8H2,1-2H3. The first-order valence-corrected chi connectivity index (χ1v) is 4.48. The summed E-state index contributed by atoms with van der Waals surface area (Å²) in [5, 5.41) is 0. The molecule has 1 radical (unpaired) electrons. The molecule has 1 amide bonds. The van der Waals surface area contributed by atoms with Crippen molar-refractivity contribution < 1.29 is 9.53 Å². The van der Waals surface area contributed by atoms with Crippen LogP contribution in [0.4, 0.5) is 4.79 Å². The number of nitrogens with one attached hydrogen (secondary N) is 1. The lowest BCUT2D eigenvalue weighted by molar-refractivity contribution is 0.0448. The van der Waals surface area contributed by atoms with Crippen LogP contribution in [0.5, 0.6) is 0 Å². The van der Waals surface area contributed by atoms with E-state index in [-0.39, 0.29) is 0 Å². The van der Waals surface area contributed by atoms with E-state index in [0.717, 1.165) is 5.56 Å². The number of rotatable bonds is 3. The van der Waals surface area contributed by atoms with E-state index in [1.807, 2.05) is 30.3 Å². The molecule has 3 heteroatoms. The highest BCUT2D eigenvalue weighted by atomic mass is 16.6. The van der Waals surface area contributed by atoms with E-state index < -0.39 is 11.7 Å². The summed E-state index contributed by atoms with van der Waals surface area (Å²) >= 11 is 0. The van der Waals surface area contributed by atoms with Crippen LogP contribution in [0.2, 0.25) is 0 Å². The molecule has 75 valence electrons. The zero-order chi connectivity index (χ0) is 10.6. The van der Waals surface area contributed by atoms with Crippen molar-refractivity contribution in [2.45, 2.75) is 25.9 Å². The second-order valence-corrected chi connectivity index (χ2v) is 3.81. The van der Waals surface area contributed by atoms with Gasteiger partial charge in [-0.3, -0.25) is 0 Å². The molecule has 14 heavy (non-hydrogen) atoms. The van der Waals surface area contributed by atoms with Crippen LogP contribution in [0.3, 0.4) is 0 Å². The number of amides is 1. The van der Waals surface area contributed by atoms with Crippen LogP contribution in [0, 0.1) is 0 Å². The minimum atomic E-state index is -0.981. The first-order chi connectivity index (χ1) is 6.49. The molecule has 0 unspecified atom stereocenters. The highest BCUT2D eigenvalue weighted by molar-refractivity contribution is 5.64. The van der Waals surface area contributed by atoms with Gasteiger partial charge in [0.2, 0.25) is 0 Å². The van der Waals surface area contributed by atoms with Crippen molar-refractivity contribution in [2.75, 3.05) is 0 Å². The SMILES string of the molecule is CC(C)(Cc1ccccc1)OC([NH])=O. The van der Waals surface area contributed by atoms with Gasteiger partial charge in [0.05, 0.1) is 0 Å². The van der Waals surface area contributed by atoms with E-state index in [2.05, 4.69) is 0 Å². The highest BCUT2D eigenvalue weighted by Crippen LogP contribution is 2.16. The average Bonchev–Trinajstić information content (AvgIpc) is 2.02. The second kappa shape index (κ2) is 4.13.